The molecule has 0 aliphatic carbocycles. The number of aromatic nitrogens is 2. The summed E-state index contributed by atoms with van der Waals surface area (Å²) >= 11 is 12.9. The van der Waals surface area contributed by atoms with Gasteiger partial charge in [-0.3, -0.25) is 9.59 Å². The SMILES string of the molecule is CCc1cc(=O)[nH]c(SCC(=O)Nc2cc(Cl)cc(Cl)c2)n1. The predicted molar refractivity (Wildman–Crippen MR) is 90.1 cm³/mol. The predicted octanol–water partition coefficient (Wildman–Crippen LogP) is 3.37. The van der Waals surface area contributed by atoms with Crippen LogP contribution in [0, 0.1) is 0 Å². The summed E-state index contributed by atoms with van der Waals surface area (Å²) in [4.78, 5) is 30.2. The lowest BCUT2D eigenvalue weighted by molar-refractivity contribution is -0.113. The van der Waals surface area contributed by atoms with Crippen molar-refractivity contribution in [2.75, 3.05) is 11.1 Å². The molecule has 1 aromatic carbocycles. The minimum atomic E-state index is -0.243. The number of hydrogen-bond donors (Lipinski definition) is 2. The van der Waals surface area contributed by atoms with Crippen LogP contribution in [-0.4, -0.2) is 21.6 Å². The van der Waals surface area contributed by atoms with E-state index in [1.165, 1.54) is 6.07 Å². The van der Waals surface area contributed by atoms with E-state index < -0.39 is 0 Å². The number of aryl methyl sites for hydroxylation is 1. The molecule has 2 aromatic rings. The number of anilines is 1. The molecule has 2 N–H and O–H groups in total. The topological polar surface area (TPSA) is 74.8 Å². The Labute approximate surface area is 141 Å². The Morgan fingerprint density at radius 2 is 1.95 bits per heavy atom. The quantitative estimate of drug-likeness (QED) is 0.635. The van der Waals surface area contributed by atoms with Gasteiger partial charge in [-0.2, -0.15) is 0 Å². The van der Waals surface area contributed by atoms with Crippen molar-refractivity contribution in [1.29, 1.82) is 0 Å². The Bertz CT molecular complexity index is 729. The number of amides is 1. The molecule has 22 heavy (non-hydrogen) atoms. The first-order valence-corrected chi connectivity index (χ1v) is 8.19. The zero-order chi connectivity index (χ0) is 16.1. The highest BCUT2D eigenvalue weighted by atomic mass is 35.5. The van der Waals surface area contributed by atoms with E-state index in [1.807, 2.05) is 6.92 Å². The second-order valence-corrected chi connectivity index (χ2v) is 6.23. The fourth-order valence-corrected chi connectivity index (χ4v) is 2.91. The molecule has 2 rings (SSSR count). The Hall–Kier alpha value is -1.50. The van der Waals surface area contributed by atoms with Gasteiger partial charge in [-0.1, -0.05) is 41.9 Å². The maximum absolute atomic E-state index is 11.9. The first-order chi connectivity index (χ1) is 10.5. The Morgan fingerprint density at radius 3 is 2.59 bits per heavy atom. The van der Waals surface area contributed by atoms with Gasteiger partial charge in [0.2, 0.25) is 5.91 Å². The van der Waals surface area contributed by atoms with Crippen molar-refractivity contribution in [1.82, 2.24) is 9.97 Å². The standard InChI is InChI=1S/C14H13Cl2N3O2S/c1-2-10-6-12(20)19-14(18-10)22-7-13(21)17-11-4-8(15)3-9(16)5-11/h3-6H,2,7H2,1H3,(H,17,21)(H,18,19,20). The summed E-state index contributed by atoms with van der Waals surface area (Å²) in [5, 5.41) is 3.99. The molecule has 1 amide bonds. The number of nitrogens with one attached hydrogen (secondary N) is 2. The van der Waals surface area contributed by atoms with Gasteiger partial charge in [0.1, 0.15) is 0 Å². The van der Waals surface area contributed by atoms with Crippen LogP contribution in [0.15, 0.2) is 34.2 Å². The summed E-state index contributed by atoms with van der Waals surface area (Å²) in [5.74, 6) is -0.131. The third kappa shape index (κ3) is 5.05. The summed E-state index contributed by atoms with van der Waals surface area (Å²) in [6.45, 7) is 1.91. The van der Waals surface area contributed by atoms with Crippen LogP contribution in [0.4, 0.5) is 5.69 Å². The highest BCUT2D eigenvalue weighted by Gasteiger charge is 2.07. The van der Waals surface area contributed by atoms with Gasteiger partial charge in [-0.05, 0) is 24.6 Å². The van der Waals surface area contributed by atoms with E-state index >= 15 is 0 Å². The van der Waals surface area contributed by atoms with Gasteiger partial charge in [-0.15, -0.1) is 0 Å². The van der Waals surface area contributed by atoms with Gasteiger partial charge in [-0.25, -0.2) is 4.98 Å². The largest absolute Gasteiger partial charge is 0.325 e. The fraction of sp³-hybridized carbons (Fsp3) is 0.214. The minimum Gasteiger partial charge on any atom is -0.325 e. The monoisotopic (exact) mass is 357 g/mol. The van der Waals surface area contributed by atoms with Crippen LogP contribution in [0.5, 0.6) is 0 Å². The van der Waals surface area contributed by atoms with E-state index in [0.717, 1.165) is 11.8 Å². The second kappa shape index (κ2) is 7.67. The van der Waals surface area contributed by atoms with Crippen LogP contribution in [0.25, 0.3) is 0 Å². The van der Waals surface area contributed by atoms with Crippen molar-refractivity contribution >= 4 is 46.6 Å². The van der Waals surface area contributed by atoms with Crippen LogP contribution in [0.2, 0.25) is 10.0 Å². The average Bonchev–Trinajstić information content (AvgIpc) is 2.43. The van der Waals surface area contributed by atoms with Crippen molar-refractivity contribution in [3.8, 4) is 0 Å². The molecule has 0 radical (unpaired) electrons. The van der Waals surface area contributed by atoms with Gasteiger partial charge in [0.15, 0.2) is 5.16 Å². The summed E-state index contributed by atoms with van der Waals surface area (Å²) in [6.07, 6.45) is 0.657. The third-order valence-corrected chi connectivity index (χ3v) is 3.93. The van der Waals surface area contributed by atoms with E-state index in [4.69, 9.17) is 23.2 Å². The number of benzene rings is 1. The van der Waals surface area contributed by atoms with Gasteiger partial charge in [0, 0.05) is 27.5 Å². The lowest BCUT2D eigenvalue weighted by Gasteiger charge is -2.06. The number of hydrogen-bond acceptors (Lipinski definition) is 4. The van der Waals surface area contributed by atoms with Crippen molar-refractivity contribution in [2.45, 2.75) is 18.5 Å². The third-order valence-electron chi connectivity index (χ3n) is 2.62. The summed E-state index contributed by atoms with van der Waals surface area (Å²) in [6, 6.07) is 6.23. The van der Waals surface area contributed by atoms with Crippen molar-refractivity contribution in [3.63, 3.8) is 0 Å². The van der Waals surface area contributed by atoms with Crippen LogP contribution in [0.1, 0.15) is 12.6 Å². The Kier molecular flexibility index (Phi) is 5.88. The molecule has 5 nitrogen and oxygen atoms in total. The normalized spacial score (nSPS) is 10.5. The fourth-order valence-electron chi connectivity index (χ4n) is 1.69. The molecule has 0 atom stereocenters. The molecular weight excluding hydrogens is 345 g/mol. The maximum Gasteiger partial charge on any atom is 0.251 e. The van der Waals surface area contributed by atoms with Crippen molar-refractivity contribution < 1.29 is 4.79 Å². The van der Waals surface area contributed by atoms with Crippen molar-refractivity contribution in [2.24, 2.45) is 0 Å². The molecule has 1 aromatic heterocycles. The summed E-state index contributed by atoms with van der Waals surface area (Å²) < 4.78 is 0. The molecule has 0 aliphatic heterocycles. The van der Waals surface area contributed by atoms with Crippen LogP contribution >= 0.6 is 35.0 Å². The molecule has 0 bridgehead atoms. The van der Waals surface area contributed by atoms with E-state index in [-0.39, 0.29) is 17.2 Å². The number of carbonyl (C=O) groups excluding carboxylic acids is 1. The van der Waals surface area contributed by atoms with Crippen molar-refractivity contribution in [3.05, 3.63) is 50.4 Å². The molecule has 0 unspecified atom stereocenters. The highest BCUT2D eigenvalue weighted by molar-refractivity contribution is 7.99. The van der Waals surface area contributed by atoms with E-state index in [2.05, 4.69) is 15.3 Å². The summed E-state index contributed by atoms with van der Waals surface area (Å²) in [5.41, 5.74) is 0.983. The zero-order valence-electron chi connectivity index (χ0n) is 11.7. The summed E-state index contributed by atoms with van der Waals surface area (Å²) in [7, 11) is 0. The highest BCUT2D eigenvalue weighted by Crippen LogP contribution is 2.22. The van der Waals surface area contributed by atoms with Gasteiger partial charge >= 0.3 is 0 Å². The number of halogens is 2. The smallest absolute Gasteiger partial charge is 0.251 e. The minimum absolute atomic E-state index is 0.111. The molecule has 8 heteroatoms. The zero-order valence-corrected chi connectivity index (χ0v) is 14.0. The number of rotatable bonds is 5. The molecule has 0 saturated carbocycles. The number of nitrogens with zero attached hydrogens (tertiary/aromatic N) is 1. The van der Waals surface area contributed by atoms with Gasteiger partial charge < -0.3 is 10.3 Å². The van der Waals surface area contributed by atoms with Crippen LogP contribution in [0.3, 0.4) is 0 Å². The molecule has 0 spiro atoms. The Balaban J connectivity index is 1.98. The Morgan fingerprint density at radius 1 is 1.27 bits per heavy atom. The van der Waals surface area contributed by atoms with E-state index in [0.29, 0.717) is 33.0 Å². The number of H-pyrrole nitrogens is 1. The second-order valence-electron chi connectivity index (χ2n) is 4.39. The average molecular weight is 358 g/mol. The molecule has 0 saturated heterocycles. The lowest BCUT2D eigenvalue weighted by Crippen LogP contribution is -2.15. The van der Waals surface area contributed by atoms with E-state index in [1.54, 1.807) is 18.2 Å². The van der Waals surface area contributed by atoms with Gasteiger partial charge in [0.25, 0.3) is 5.56 Å². The number of thioether (sulfide) groups is 1. The maximum atomic E-state index is 11.9. The number of carbonyl (C=O) groups is 1. The number of aromatic amines is 1. The molecule has 0 fully saturated rings. The van der Waals surface area contributed by atoms with Gasteiger partial charge in [0.05, 0.1) is 5.75 Å². The first kappa shape index (κ1) is 16.9. The molecule has 0 aliphatic rings. The first-order valence-electron chi connectivity index (χ1n) is 6.45. The van der Waals surface area contributed by atoms with Crippen LogP contribution < -0.4 is 10.9 Å². The van der Waals surface area contributed by atoms with E-state index in [9.17, 15) is 9.59 Å². The van der Waals surface area contributed by atoms with Crippen LogP contribution in [-0.2, 0) is 11.2 Å². The lowest BCUT2D eigenvalue weighted by atomic mass is 10.3. The molecule has 1 heterocycles. The molecule has 116 valence electrons. The molecular formula is C14H13Cl2N3O2S.